The highest BCUT2D eigenvalue weighted by Crippen LogP contribution is 2.26. The SMILES string of the molecule is Cc1cc(C)nc(SCc2csc(C(C#N)=Cc3ccc(N(C)C)cc3)n2)n1. The smallest absolute Gasteiger partial charge is 0.188 e. The first-order valence-corrected chi connectivity index (χ1v) is 10.6. The molecule has 0 aliphatic rings. The van der Waals surface area contributed by atoms with Crippen molar-refractivity contribution >= 4 is 40.4 Å². The average Bonchev–Trinajstić information content (AvgIpc) is 3.13. The summed E-state index contributed by atoms with van der Waals surface area (Å²) in [5.41, 5.74) is 5.53. The second kappa shape index (κ2) is 9.00. The van der Waals surface area contributed by atoms with Gasteiger partial charge in [0, 0.05) is 42.3 Å². The topological polar surface area (TPSA) is 65.7 Å². The van der Waals surface area contributed by atoms with Crippen LogP contribution in [-0.2, 0) is 5.75 Å². The van der Waals surface area contributed by atoms with E-state index in [1.54, 1.807) is 11.8 Å². The fourth-order valence-electron chi connectivity index (χ4n) is 2.57. The van der Waals surface area contributed by atoms with Crippen LogP contribution in [-0.4, -0.2) is 29.0 Å². The molecule has 0 saturated heterocycles. The van der Waals surface area contributed by atoms with E-state index < -0.39 is 0 Å². The molecule has 142 valence electrons. The number of thiazole rings is 1. The van der Waals surface area contributed by atoms with Crippen molar-refractivity contribution in [1.29, 1.82) is 5.26 Å². The van der Waals surface area contributed by atoms with Gasteiger partial charge in [-0.05, 0) is 43.7 Å². The van der Waals surface area contributed by atoms with Crippen molar-refractivity contribution in [3.63, 3.8) is 0 Å². The van der Waals surface area contributed by atoms with Crippen LogP contribution in [0, 0.1) is 25.2 Å². The number of hydrogen-bond acceptors (Lipinski definition) is 7. The standard InChI is InChI=1S/C21H21N5S2/c1-14-9-15(2)24-21(23-14)28-13-18-12-27-20(25-18)17(11-22)10-16-5-7-19(8-6-16)26(3)4/h5-10,12H,13H2,1-4H3. The summed E-state index contributed by atoms with van der Waals surface area (Å²) in [4.78, 5) is 15.6. The number of nitrogens with zero attached hydrogens (tertiary/aromatic N) is 5. The zero-order chi connectivity index (χ0) is 20.1. The molecule has 0 atom stereocenters. The highest BCUT2D eigenvalue weighted by atomic mass is 32.2. The van der Waals surface area contributed by atoms with Gasteiger partial charge in [-0.2, -0.15) is 5.26 Å². The summed E-state index contributed by atoms with van der Waals surface area (Å²) in [6.45, 7) is 3.93. The van der Waals surface area contributed by atoms with Crippen LogP contribution in [0.5, 0.6) is 0 Å². The van der Waals surface area contributed by atoms with Crippen LogP contribution >= 0.6 is 23.1 Å². The van der Waals surface area contributed by atoms with Crippen molar-refractivity contribution in [3.8, 4) is 6.07 Å². The molecule has 0 N–H and O–H groups in total. The highest BCUT2D eigenvalue weighted by Gasteiger charge is 2.09. The Bertz CT molecular complexity index is 1010. The summed E-state index contributed by atoms with van der Waals surface area (Å²) in [7, 11) is 4.01. The van der Waals surface area contributed by atoms with Gasteiger partial charge >= 0.3 is 0 Å². The average molecular weight is 408 g/mol. The molecule has 0 fully saturated rings. The Morgan fingerprint density at radius 3 is 2.43 bits per heavy atom. The lowest BCUT2D eigenvalue weighted by Gasteiger charge is -2.11. The Morgan fingerprint density at radius 2 is 1.82 bits per heavy atom. The second-order valence-electron chi connectivity index (χ2n) is 6.52. The maximum absolute atomic E-state index is 9.58. The number of benzene rings is 1. The number of anilines is 1. The van der Waals surface area contributed by atoms with Gasteiger partial charge in [0.1, 0.15) is 11.1 Å². The largest absolute Gasteiger partial charge is 0.378 e. The van der Waals surface area contributed by atoms with E-state index in [1.165, 1.54) is 11.3 Å². The van der Waals surface area contributed by atoms with Gasteiger partial charge in [0.25, 0.3) is 0 Å². The van der Waals surface area contributed by atoms with Crippen molar-refractivity contribution in [1.82, 2.24) is 15.0 Å². The molecule has 0 radical (unpaired) electrons. The molecule has 28 heavy (non-hydrogen) atoms. The van der Waals surface area contributed by atoms with Crippen LogP contribution in [0.3, 0.4) is 0 Å². The lowest BCUT2D eigenvalue weighted by atomic mass is 10.1. The summed E-state index contributed by atoms with van der Waals surface area (Å²) in [6.07, 6.45) is 1.88. The molecule has 0 unspecified atom stereocenters. The van der Waals surface area contributed by atoms with Crippen LogP contribution in [0.25, 0.3) is 11.6 Å². The summed E-state index contributed by atoms with van der Waals surface area (Å²) >= 11 is 3.04. The Balaban J connectivity index is 1.72. The third-order valence-corrected chi connectivity index (χ3v) is 5.74. The fraction of sp³-hybridized carbons (Fsp3) is 0.238. The van der Waals surface area contributed by atoms with Crippen molar-refractivity contribution in [2.24, 2.45) is 0 Å². The zero-order valence-electron chi connectivity index (χ0n) is 16.3. The fourth-order valence-corrected chi connectivity index (χ4v) is 4.30. The minimum absolute atomic E-state index is 0.571. The second-order valence-corrected chi connectivity index (χ2v) is 8.32. The van der Waals surface area contributed by atoms with E-state index >= 15 is 0 Å². The molecule has 2 heterocycles. The maximum Gasteiger partial charge on any atom is 0.188 e. The Hall–Kier alpha value is -2.69. The first-order chi connectivity index (χ1) is 13.4. The van der Waals surface area contributed by atoms with Crippen LogP contribution in [0.15, 0.2) is 40.9 Å². The van der Waals surface area contributed by atoms with E-state index in [1.807, 2.05) is 74.6 Å². The van der Waals surface area contributed by atoms with Gasteiger partial charge in [-0.15, -0.1) is 11.3 Å². The van der Waals surface area contributed by atoms with E-state index in [2.05, 4.69) is 21.0 Å². The van der Waals surface area contributed by atoms with Crippen LogP contribution in [0.1, 0.15) is 27.7 Å². The number of thioether (sulfide) groups is 1. The highest BCUT2D eigenvalue weighted by molar-refractivity contribution is 7.98. The third-order valence-electron chi connectivity index (χ3n) is 3.93. The Morgan fingerprint density at radius 1 is 1.14 bits per heavy atom. The van der Waals surface area contributed by atoms with Crippen molar-refractivity contribution in [2.75, 3.05) is 19.0 Å². The number of aryl methyl sites for hydroxylation is 2. The normalized spacial score (nSPS) is 11.3. The van der Waals surface area contributed by atoms with Gasteiger partial charge in [-0.25, -0.2) is 15.0 Å². The van der Waals surface area contributed by atoms with Gasteiger partial charge in [-0.3, -0.25) is 0 Å². The number of allylic oxidation sites excluding steroid dienone is 1. The number of nitriles is 1. The van der Waals surface area contributed by atoms with Crippen LogP contribution < -0.4 is 4.90 Å². The molecule has 0 saturated carbocycles. The molecular weight excluding hydrogens is 386 g/mol. The van der Waals surface area contributed by atoms with Gasteiger partial charge < -0.3 is 4.90 Å². The first-order valence-electron chi connectivity index (χ1n) is 8.73. The monoisotopic (exact) mass is 407 g/mol. The lowest BCUT2D eigenvalue weighted by molar-refractivity contribution is 0.901. The van der Waals surface area contributed by atoms with E-state index in [-0.39, 0.29) is 0 Å². The quantitative estimate of drug-likeness (QED) is 0.326. The predicted octanol–water partition coefficient (Wildman–Crippen LogP) is 4.97. The van der Waals surface area contributed by atoms with E-state index in [0.29, 0.717) is 11.3 Å². The summed E-state index contributed by atoms with van der Waals surface area (Å²) in [6, 6.07) is 12.3. The first kappa shape index (κ1) is 20.1. The Kier molecular flexibility index (Phi) is 6.45. The molecule has 7 heteroatoms. The van der Waals surface area contributed by atoms with Crippen LogP contribution in [0.4, 0.5) is 5.69 Å². The van der Waals surface area contributed by atoms with E-state index in [9.17, 15) is 5.26 Å². The zero-order valence-corrected chi connectivity index (χ0v) is 17.9. The van der Waals surface area contributed by atoms with Crippen molar-refractivity contribution in [2.45, 2.75) is 24.8 Å². The maximum atomic E-state index is 9.58. The predicted molar refractivity (Wildman–Crippen MR) is 117 cm³/mol. The lowest BCUT2D eigenvalue weighted by Crippen LogP contribution is -2.07. The summed E-state index contributed by atoms with van der Waals surface area (Å²) < 4.78 is 0. The summed E-state index contributed by atoms with van der Waals surface area (Å²) in [5.74, 6) is 0.676. The molecule has 0 spiro atoms. The minimum atomic E-state index is 0.571. The summed E-state index contributed by atoms with van der Waals surface area (Å²) in [5, 5.41) is 13.1. The number of hydrogen-bond donors (Lipinski definition) is 0. The van der Waals surface area contributed by atoms with Gasteiger partial charge in [-0.1, -0.05) is 23.9 Å². The van der Waals surface area contributed by atoms with Gasteiger partial charge in [0.2, 0.25) is 0 Å². The van der Waals surface area contributed by atoms with Crippen molar-refractivity contribution < 1.29 is 0 Å². The molecule has 5 nitrogen and oxygen atoms in total. The molecule has 0 bridgehead atoms. The molecule has 0 aliphatic carbocycles. The molecule has 3 aromatic rings. The molecule has 1 aromatic carbocycles. The molecular formula is C21H21N5S2. The van der Waals surface area contributed by atoms with Gasteiger partial charge in [0.05, 0.1) is 11.3 Å². The van der Waals surface area contributed by atoms with E-state index in [4.69, 9.17) is 0 Å². The Labute approximate surface area is 173 Å². The third kappa shape index (κ3) is 5.18. The number of rotatable bonds is 6. The molecule has 0 amide bonds. The van der Waals surface area contributed by atoms with Gasteiger partial charge in [0.15, 0.2) is 5.16 Å². The van der Waals surface area contributed by atoms with Crippen molar-refractivity contribution in [3.05, 3.63) is 63.4 Å². The molecule has 2 aromatic heterocycles. The minimum Gasteiger partial charge on any atom is -0.378 e. The van der Waals surface area contributed by atoms with E-state index in [0.717, 1.165) is 38.5 Å². The molecule has 0 aliphatic heterocycles. The molecule has 3 rings (SSSR count). The number of aromatic nitrogens is 3. The van der Waals surface area contributed by atoms with Crippen LogP contribution in [0.2, 0.25) is 0 Å².